The normalized spacial score (nSPS) is 15.4. The highest BCUT2D eigenvalue weighted by Crippen LogP contribution is 2.35. The van der Waals surface area contributed by atoms with Gasteiger partial charge in [0.2, 0.25) is 0 Å². The summed E-state index contributed by atoms with van der Waals surface area (Å²) in [5.74, 6) is 0.185. The van der Waals surface area contributed by atoms with Gasteiger partial charge in [0.15, 0.2) is 11.5 Å². The van der Waals surface area contributed by atoms with Crippen molar-refractivity contribution < 1.29 is 14.6 Å². The fourth-order valence-corrected chi connectivity index (χ4v) is 3.50. The molecule has 3 rings (SSSR count). The van der Waals surface area contributed by atoms with E-state index in [1.807, 2.05) is 29.5 Å². The average Bonchev–Trinajstić information content (AvgIpc) is 2.90. The molecule has 140 valence electrons. The Labute approximate surface area is 180 Å². The van der Waals surface area contributed by atoms with Gasteiger partial charge in [0.1, 0.15) is 0 Å². The molecule has 5 nitrogen and oxygen atoms in total. The zero-order valence-corrected chi connectivity index (χ0v) is 18.1. The number of aromatic hydroxyl groups is 1. The maximum Gasteiger partial charge on any atom is 0.280 e. The molecule has 0 radical (unpaired) electrons. The highest BCUT2D eigenvalue weighted by Gasteiger charge is 2.29. The zero-order chi connectivity index (χ0) is 19.7. The number of benzene rings is 2. The van der Waals surface area contributed by atoms with Gasteiger partial charge in [-0.25, -0.2) is 0 Å². The van der Waals surface area contributed by atoms with Crippen LogP contribution < -0.4 is 9.75 Å². The number of phenolic OH excluding ortho intramolecular Hbond substituents is 1. The average molecular weight is 517 g/mol. The van der Waals surface area contributed by atoms with Crippen LogP contribution in [0.2, 0.25) is 10.0 Å². The van der Waals surface area contributed by atoms with E-state index >= 15 is 0 Å². The molecule has 2 aromatic carbocycles. The molecule has 0 saturated heterocycles. The second kappa shape index (κ2) is 8.08. The van der Waals surface area contributed by atoms with Crippen molar-refractivity contribution in [2.24, 2.45) is 5.10 Å². The standard InChI is InChI=1S/C19H15Cl2IN2O3/c1-3-27-17-8-11(7-16(22)18(17)25)6-13-10(2)23-24(19(13)26)12-4-5-14(20)15(21)9-12/h4-9,25H,3H2,1-2H3/b13-6-. The minimum absolute atomic E-state index is 0.0835. The van der Waals surface area contributed by atoms with E-state index in [0.29, 0.717) is 42.9 Å². The summed E-state index contributed by atoms with van der Waals surface area (Å²) in [5.41, 5.74) is 2.29. The van der Waals surface area contributed by atoms with Crippen LogP contribution in [0, 0.1) is 3.57 Å². The van der Waals surface area contributed by atoms with Crippen molar-refractivity contribution in [2.75, 3.05) is 11.6 Å². The molecule has 2 aromatic rings. The molecule has 0 fully saturated rings. The third-order valence-electron chi connectivity index (χ3n) is 3.87. The largest absolute Gasteiger partial charge is 0.504 e. The Kier molecular flexibility index (Phi) is 5.98. The van der Waals surface area contributed by atoms with E-state index in [-0.39, 0.29) is 11.7 Å². The number of ether oxygens (including phenoxy) is 1. The second-order valence-corrected chi connectivity index (χ2v) is 7.72. The number of phenols is 1. The van der Waals surface area contributed by atoms with E-state index < -0.39 is 0 Å². The van der Waals surface area contributed by atoms with Crippen LogP contribution >= 0.6 is 45.8 Å². The SMILES string of the molecule is CCOc1cc(/C=C2\C(=O)N(c3ccc(Cl)c(Cl)c3)N=C2C)cc(I)c1O. The van der Waals surface area contributed by atoms with Crippen LogP contribution in [0.1, 0.15) is 19.4 Å². The Morgan fingerprint density at radius 1 is 1.26 bits per heavy atom. The first kappa shape index (κ1) is 20.0. The maximum absolute atomic E-state index is 12.9. The van der Waals surface area contributed by atoms with Crippen molar-refractivity contribution in [1.82, 2.24) is 0 Å². The fourth-order valence-electron chi connectivity index (χ4n) is 2.59. The number of rotatable bonds is 4. The van der Waals surface area contributed by atoms with Crippen molar-refractivity contribution in [3.63, 3.8) is 0 Å². The topological polar surface area (TPSA) is 62.1 Å². The molecule has 8 heteroatoms. The number of carbonyl (C=O) groups excluding carboxylic acids is 1. The van der Waals surface area contributed by atoms with E-state index in [1.54, 1.807) is 43.3 Å². The van der Waals surface area contributed by atoms with E-state index in [1.165, 1.54) is 5.01 Å². The van der Waals surface area contributed by atoms with Crippen LogP contribution in [0.15, 0.2) is 41.0 Å². The molecule has 0 atom stereocenters. The van der Waals surface area contributed by atoms with Gasteiger partial charge in [0.05, 0.1) is 37.2 Å². The van der Waals surface area contributed by atoms with Gasteiger partial charge in [-0.3, -0.25) is 4.79 Å². The third-order valence-corrected chi connectivity index (χ3v) is 5.43. The van der Waals surface area contributed by atoms with Gasteiger partial charge in [-0.2, -0.15) is 10.1 Å². The summed E-state index contributed by atoms with van der Waals surface area (Å²) < 4.78 is 6.09. The van der Waals surface area contributed by atoms with Gasteiger partial charge in [0, 0.05) is 0 Å². The minimum Gasteiger partial charge on any atom is -0.504 e. The van der Waals surface area contributed by atoms with Crippen LogP contribution in [0.4, 0.5) is 5.69 Å². The van der Waals surface area contributed by atoms with Gasteiger partial charge < -0.3 is 9.84 Å². The quantitative estimate of drug-likeness (QED) is 0.430. The third kappa shape index (κ3) is 4.07. The molecule has 1 heterocycles. The summed E-state index contributed by atoms with van der Waals surface area (Å²) in [5, 5.41) is 16.5. The first-order valence-electron chi connectivity index (χ1n) is 8.04. The summed E-state index contributed by atoms with van der Waals surface area (Å²) in [6, 6.07) is 8.36. The van der Waals surface area contributed by atoms with E-state index in [4.69, 9.17) is 27.9 Å². The molecule has 0 saturated carbocycles. The van der Waals surface area contributed by atoms with Crippen LogP contribution in [-0.2, 0) is 4.79 Å². The number of carbonyl (C=O) groups is 1. The van der Waals surface area contributed by atoms with Crippen LogP contribution in [0.25, 0.3) is 6.08 Å². The van der Waals surface area contributed by atoms with Crippen molar-refractivity contribution in [3.8, 4) is 11.5 Å². The lowest BCUT2D eigenvalue weighted by atomic mass is 10.1. The Morgan fingerprint density at radius 3 is 2.67 bits per heavy atom. The van der Waals surface area contributed by atoms with Crippen molar-refractivity contribution in [2.45, 2.75) is 13.8 Å². The Morgan fingerprint density at radius 2 is 2.00 bits per heavy atom. The van der Waals surface area contributed by atoms with Crippen LogP contribution in [-0.4, -0.2) is 23.3 Å². The molecule has 0 unspecified atom stereocenters. The number of halogens is 3. The summed E-state index contributed by atoms with van der Waals surface area (Å²) in [6.07, 6.45) is 1.73. The van der Waals surface area contributed by atoms with Crippen molar-refractivity contribution in [3.05, 3.63) is 55.1 Å². The number of anilines is 1. The van der Waals surface area contributed by atoms with E-state index in [2.05, 4.69) is 5.10 Å². The predicted molar refractivity (Wildman–Crippen MR) is 117 cm³/mol. The van der Waals surface area contributed by atoms with Crippen LogP contribution in [0.5, 0.6) is 11.5 Å². The van der Waals surface area contributed by atoms with Gasteiger partial charge in [-0.15, -0.1) is 0 Å². The van der Waals surface area contributed by atoms with Gasteiger partial charge in [-0.05, 0) is 78.4 Å². The predicted octanol–water partition coefficient (Wildman–Crippen LogP) is 5.51. The molecule has 1 aliphatic heterocycles. The first-order valence-corrected chi connectivity index (χ1v) is 9.87. The van der Waals surface area contributed by atoms with Crippen molar-refractivity contribution >= 4 is 69.2 Å². The minimum atomic E-state index is -0.271. The number of nitrogens with zero attached hydrogens (tertiary/aromatic N) is 2. The summed E-state index contributed by atoms with van der Waals surface area (Å²) in [6.45, 7) is 4.02. The van der Waals surface area contributed by atoms with Gasteiger partial charge >= 0.3 is 0 Å². The molecule has 0 bridgehead atoms. The first-order chi connectivity index (χ1) is 12.8. The smallest absolute Gasteiger partial charge is 0.280 e. The van der Waals surface area contributed by atoms with Gasteiger partial charge in [0.25, 0.3) is 5.91 Å². The highest BCUT2D eigenvalue weighted by atomic mass is 127. The molecule has 1 aliphatic rings. The molecule has 0 spiro atoms. The van der Waals surface area contributed by atoms with Crippen LogP contribution in [0.3, 0.4) is 0 Å². The highest BCUT2D eigenvalue weighted by molar-refractivity contribution is 14.1. The second-order valence-electron chi connectivity index (χ2n) is 5.74. The summed E-state index contributed by atoms with van der Waals surface area (Å²) in [4.78, 5) is 12.9. The molecule has 27 heavy (non-hydrogen) atoms. The fraction of sp³-hybridized carbons (Fsp3) is 0.158. The number of hydrazone groups is 1. The number of hydrogen-bond donors (Lipinski definition) is 1. The van der Waals surface area contributed by atoms with E-state index in [0.717, 1.165) is 5.56 Å². The Balaban J connectivity index is 1.97. The van der Waals surface area contributed by atoms with E-state index in [9.17, 15) is 9.90 Å². The summed E-state index contributed by atoms with van der Waals surface area (Å²) in [7, 11) is 0. The Hall–Kier alpha value is -1.77. The monoisotopic (exact) mass is 516 g/mol. The number of amides is 1. The lowest BCUT2D eigenvalue weighted by molar-refractivity contribution is -0.114. The molecule has 1 amide bonds. The molecule has 0 aromatic heterocycles. The molecular weight excluding hydrogens is 502 g/mol. The van der Waals surface area contributed by atoms with Crippen molar-refractivity contribution in [1.29, 1.82) is 0 Å². The zero-order valence-electron chi connectivity index (χ0n) is 14.5. The molecule has 1 N–H and O–H groups in total. The summed E-state index contributed by atoms with van der Waals surface area (Å²) >= 11 is 14.0. The lowest BCUT2D eigenvalue weighted by Crippen LogP contribution is -2.21. The molecular formula is C19H15Cl2IN2O3. The molecule has 0 aliphatic carbocycles. The maximum atomic E-state index is 12.9. The van der Waals surface area contributed by atoms with Gasteiger partial charge in [-0.1, -0.05) is 23.2 Å². The lowest BCUT2D eigenvalue weighted by Gasteiger charge is -2.12. The Bertz CT molecular complexity index is 989. The number of hydrogen-bond acceptors (Lipinski definition) is 4.